The molecule has 0 spiro atoms. The molecule has 0 amide bonds. The summed E-state index contributed by atoms with van der Waals surface area (Å²) < 4.78 is 13.7. The van der Waals surface area contributed by atoms with Crippen molar-refractivity contribution in [3.63, 3.8) is 0 Å². The highest BCUT2D eigenvalue weighted by Gasteiger charge is 2.29. The monoisotopic (exact) mass is 420 g/mol. The van der Waals surface area contributed by atoms with Crippen molar-refractivity contribution in [2.24, 2.45) is 4.99 Å². The Morgan fingerprint density at radius 3 is 2.68 bits per heavy atom. The van der Waals surface area contributed by atoms with Gasteiger partial charge in [0.1, 0.15) is 18.1 Å². The van der Waals surface area contributed by atoms with Crippen LogP contribution in [0.5, 0.6) is 0 Å². The number of rotatable bonds is 6. The average molecular weight is 421 g/mol. The summed E-state index contributed by atoms with van der Waals surface area (Å²) in [4.78, 5) is 13.3. The molecular weight excluding hydrogens is 392 g/mol. The normalized spacial score (nSPS) is 20.2. The van der Waals surface area contributed by atoms with Crippen LogP contribution in [-0.2, 0) is 16.1 Å². The smallest absolute Gasteiger partial charge is 0.222 e. The van der Waals surface area contributed by atoms with Crippen molar-refractivity contribution in [3.05, 3.63) is 54.3 Å². The van der Waals surface area contributed by atoms with Gasteiger partial charge in [0, 0.05) is 37.9 Å². The van der Waals surface area contributed by atoms with Gasteiger partial charge in [-0.2, -0.15) is 5.10 Å². The van der Waals surface area contributed by atoms with E-state index in [1.165, 1.54) is 0 Å². The maximum Gasteiger partial charge on any atom is 0.222 e. The van der Waals surface area contributed by atoms with Gasteiger partial charge >= 0.3 is 0 Å². The van der Waals surface area contributed by atoms with E-state index < -0.39 is 0 Å². The number of likely N-dealkylation sites (tertiary alicyclic amines) is 1. The number of piperidine rings is 1. The fourth-order valence-corrected chi connectivity index (χ4v) is 4.44. The number of fused-ring (bicyclic) bond motifs is 1. The van der Waals surface area contributed by atoms with Gasteiger partial charge in [-0.3, -0.25) is 0 Å². The van der Waals surface area contributed by atoms with E-state index in [1.807, 2.05) is 17.1 Å². The molecule has 0 aromatic carbocycles. The molecule has 0 radical (unpaired) electrons. The van der Waals surface area contributed by atoms with Crippen LogP contribution in [0.4, 0.5) is 5.82 Å². The molecule has 5 rings (SSSR count). The number of aromatic nitrogens is 3. The molecular formula is C23H28N6O2. The predicted octanol–water partition coefficient (Wildman–Crippen LogP) is 2.65. The Labute approximate surface area is 182 Å². The molecule has 8 nitrogen and oxygen atoms in total. The summed E-state index contributed by atoms with van der Waals surface area (Å²) in [6.07, 6.45) is 8.42. The highest BCUT2D eigenvalue weighted by atomic mass is 16.5. The second-order valence-electron chi connectivity index (χ2n) is 8.36. The van der Waals surface area contributed by atoms with Gasteiger partial charge < -0.3 is 19.3 Å². The van der Waals surface area contributed by atoms with Gasteiger partial charge in [0.2, 0.25) is 5.88 Å². The standard InChI is InChI=1S/C23H28N6O2/c1-4-20-22-16(15-30-23(20)24-2)12-29(26-22)17-5-6-21(25-11-17)28-9-7-18(8-10-28)31-19-13-27(3)14-19/h4-6,11-12,18-19H,1-2,7-10,13-15H2,3H3. The number of ether oxygens (including phenoxy) is 2. The second-order valence-corrected chi connectivity index (χ2v) is 8.36. The Bertz CT molecular complexity index is 998. The predicted molar refractivity (Wildman–Crippen MR) is 120 cm³/mol. The van der Waals surface area contributed by atoms with Crippen LogP contribution in [0.1, 0.15) is 24.1 Å². The summed E-state index contributed by atoms with van der Waals surface area (Å²) in [7, 11) is 2.13. The summed E-state index contributed by atoms with van der Waals surface area (Å²) in [5.74, 6) is 1.47. The Hall–Kier alpha value is -2.97. The van der Waals surface area contributed by atoms with Crippen molar-refractivity contribution in [2.45, 2.75) is 31.7 Å². The van der Waals surface area contributed by atoms with E-state index in [9.17, 15) is 0 Å². The molecule has 0 aliphatic carbocycles. The van der Waals surface area contributed by atoms with Gasteiger partial charge in [0.25, 0.3) is 0 Å². The van der Waals surface area contributed by atoms with Gasteiger partial charge in [0.15, 0.2) is 0 Å². The lowest BCUT2D eigenvalue weighted by Crippen LogP contribution is -2.52. The maximum absolute atomic E-state index is 6.20. The molecule has 0 unspecified atom stereocenters. The molecule has 0 atom stereocenters. The molecule has 0 N–H and O–H groups in total. The van der Waals surface area contributed by atoms with Crippen molar-refractivity contribution in [3.8, 4) is 5.69 Å². The third-order valence-electron chi connectivity index (χ3n) is 6.17. The second kappa shape index (κ2) is 8.28. The largest absolute Gasteiger partial charge is 0.472 e. The highest BCUT2D eigenvalue weighted by molar-refractivity contribution is 5.76. The number of allylic oxidation sites excluding steroid dienone is 2. The fraction of sp³-hybridized carbons (Fsp3) is 0.435. The van der Waals surface area contributed by atoms with Crippen molar-refractivity contribution in [1.29, 1.82) is 0 Å². The molecule has 8 heteroatoms. The van der Waals surface area contributed by atoms with Crippen LogP contribution in [0.15, 0.2) is 48.1 Å². The van der Waals surface area contributed by atoms with E-state index in [2.05, 4.69) is 47.3 Å². The van der Waals surface area contributed by atoms with Gasteiger partial charge in [-0.25, -0.2) is 14.7 Å². The molecule has 162 valence electrons. The van der Waals surface area contributed by atoms with E-state index in [-0.39, 0.29) is 0 Å². The van der Waals surface area contributed by atoms with E-state index in [1.54, 1.807) is 6.08 Å². The van der Waals surface area contributed by atoms with E-state index in [4.69, 9.17) is 19.6 Å². The zero-order valence-electron chi connectivity index (χ0n) is 17.9. The molecule has 5 heterocycles. The molecule has 2 fully saturated rings. The lowest BCUT2D eigenvalue weighted by atomic mass is 10.1. The molecule has 3 aliphatic rings. The SMILES string of the molecule is C=CC1=C(N=C)OCc2cn(-c3ccc(N4CCC(OC5CN(C)C5)CC4)nc3)nc21. The molecule has 3 aliphatic heterocycles. The van der Waals surface area contributed by atoms with Crippen LogP contribution in [0.3, 0.4) is 0 Å². The van der Waals surface area contributed by atoms with Gasteiger partial charge in [-0.15, -0.1) is 0 Å². The molecule has 2 aromatic heterocycles. The van der Waals surface area contributed by atoms with Gasteiger partial charge in [-0.1, -0.05) is 12.7 Å². The number of pyridine rings is 1. The fourth-order valence-electron chi connectivity index (χ4n) is 4.44. The summed E-state index contributed by atoms with van der Waals surface area (Å²) in [6.45, 7) is 11.9. The maximum atomic E-state index is 6.20. The number of likely N-dealkylation sites (N-methyl/N-ethyl adjacent to an activating group) is 1. The minimum absolute atomic E-state index is 0.369. The summed E-state index contributed by atoms with van der Waals surface area (Å²) in [5.41, 5.74) is 3.48. The van der Waals surface area contributed by atoms with Crippen LogP contribution in [0.25, 0.3) is 11.3 Å². The first-order valence-electron chi connectivity index (χ1n) is 10.7. The van der Waals surface area contributed by atoms with Crippen molar-refractivity contribution >= 4 is 18.1 Å². The molecule has 2 saturated heterocycles. The van der Waals surface area contributed by atoms with E-state index in [0.717, 1.165) is 67.4 Å². The summed E-state index contributed by atoms with van der Waals surface area (Å²) in [5, 5.41) is 4.72. The Morgan fingerprint density at radius 1 is 1.23 bits per heavy atom. The molecule has 0 saturated carbocycles. The van der Waals surface area contributed by atoms with Crippen LogP contribution < -0.4 is 4.90 Å². The molecule has 2 aromatic rings. The first-order chi connectivity index (χ1) is 15.1. The van der Waals surface area contributed by atoms with E-state index in [0.29, 0.717) is 24.7 Å². The Balaban J connectivity index is 1.24. The lowest BCUT2D eigenvalue weighted by molar-refractivity contribution is -0.0900. The summed E-state index contributed by atoms with van der Waals surface area (Å²) >= 11 is 0. The first-order valence-corrected chi connectivity index (χ1v) is 10.7. The zero-order valence-corrected chi connectivity index (χ0v) is 17.9. The van der Waals surface area contributed by atoms with Crippen molar-refractivity contribution in [2.75, 3.05) is 38.1 Å². The third kappa shape index (κ3) is 3.88. The number of hydrogen-bond donors (Lipinski definition) is 0. The van der Waals surface area contributed by atoms with Gasteiger partial charge in [0.05, 0.1) is 29.7 Å². The Morgan fingerprint density at radius 2 is 2.03 bits per heavy atom. The van der Waals surface area contributed by atoms with Gasteiger partial charge in [-0.05, 0) is 38.7 Å². The van der Waals surface area contributed by atoms with E-state index >= 15 is 0 Å². The number of anilines is 1. The Kier molecular flexibility index (Phi) is 5.33. The minimum atomic E-state index is 0.369. The lowest BCUT2D eigenvalue weighted by Gasteiger charge is -2.40. The zero-order chi connectivity index (χ0) is 21.4. The molecule has 0 bridgehead atoms. The van der Waals surface area contributed by atoms with Crippen LogP contribution >= 0.6 is 0 Å². The average Bonchev–Trinajstić information content (AvgIpc) is 3.22. The highest BCUT2D eigenvalue weighted by Crippen LogP contribution is 2.30. The van der Waals surface area contributed by atoms with Crippen LogP contribution in [0.2, 0.25) is 0 Å². The topological polar surface area (TPSA) is 68.0 Å². The minimum Gasteiger partial charge on any atom is -0.472 e. The quantitative estimate of drug-likeness (QED) is 0.670. The summed E-state index contributed by atoms with van der Waals surface area (Å²) in [6, 6.07) is 4.12. The third-order valence-corrected chi connectivity index (χ3v) is 6.17. The molecule has 31 heavy (non-hydrogen) atoms. The van der Waals surface area contributed by atoms with Crippen molar-refractivity contribution in [1.82, 2.24) is 19.7 Å². The number of aliphatic imine (C=N–C) groups is 1. The number of nitrogens with zero attached hydrogens (tertiary/aromatic N) is 6. The van der Waals surface area contributed by atoms with Crippen LogP contribution in [-0.4, -0.2) is 71.8 Å². The first kappa shape index (κ1) is 20.0. The number of hydrogen-bond acceptors (Lipinski definition) is 7. The van der Waals surface area contributed by atoms with Crippen LogP contribution in [0, 0.1) is 0 Å². The van der Waals surface area contributed by atoms with Crippen molar-refractivity contribution < 1.29 is 9.47 Å².